The molecule has 2 aromatic carbocycles. The average molecular weight is 398 g/mol. The Kier molecular flexibility index (Phi) is 6.25. The molecule has 3 rings (SSSR count). The second-order valence-corrected chi connectivity index (χ2v) is 13.5. The minimum atomic E-state index is -1.73. The van der Waals surface area contributed by atoms with E-state index in [2.05, 4.69) is 46.0 Å². The van der Waals surface area contributed by atoms with E-state index in [9.17, 15) is 0 Å². The minimum absolute atomic E-state index is 0.0544. The molecule has 0 fully saturated rings. The van der Waals surface area contributed by atoms with Gasteiger partial charge in [-0.1, -0.05) is 57.2 Å². The Labute approximate surface area is 169 Å². The fourth-order valence-corrected chi connectivity index (χ4v) is 3.80. The molecule has 1 aliphatic heterocycles. The maximum atomic E-state index is 6.17. The zero-order valence-electron chi connectivity index (χ0n) is 17.6. The first-order chi connectivity index (χ1) is 13.3. The summed E-state index contributed by atoms with van der Waals surface area (Å²) < 4.78 is 17.9. The molecule has 4 nitrogen and oxygen atoms in total. The Morgan fingerprint density at radius 3 is 2.50 bits per heavy atom. The summed E-state index contributed by atoms with van der Waals surface area (Å²) in [7, 11) is -1.73. The summed E-state index contributed by atoms with van der Waals surface area (Å²) in [6.07, 6.45) is 0. The summed E-state index contributed by atoms with van der Waals surface area (Å²) in [5.41, 5.74) is 2.12. The highest BCUT2D eigenvalue weighted by molar-refractivity contribution is 6.74. The van der Waals surface area contributed by atoms with Crippen LogP contribution in [-0.4, -0.2) is 34.0 Å². The standard InChI is InChI=1S/C23H31NO3Si/c1-23(2,3)28(4,5)27-15-14-25-20-13-9-12-19(16-20)22-24-21(17-26-22)18-10-7-6-8-11-18/h6-13,16,21H,14-15,17H2,1-5H3/t21-/m0/s1. The van der Waals surface area contributed by atoms with Crippen LogP contribution in [0.5, 0.6) is 5.75 Å². The largest absolute Gasteiger partial charge is 0.491 e. The van der Waals surface area contributed by atoms with Crippen LogP contribution in [0.25, 0.3) is 0 Å². The molecule has 0 bridgehead atoms. The number of ether oxygens (including phenoxy) is 2. The lowest BCUT2D eigenvalue weighted by atomic mass is 10.1. The van der Waals surface area contributed by atoms with Gasteiger partial charge in [0.1, 0.15) is 25.0 Å². The SMILES string of the molecule is CC(C)(C)[Si](C)(C)OCCOc1cccc(C2=N[C@H](c3ccccc3)CO2)c1. The van der Waals surface area contributed by atoms with Crippen molar-refractivity contribution in [3.63, 3.8) is 0 Å². The van der Waals surface area contributed by atoms with E-state index in [1.807, 2.05) is 42.5 Å². The van der Waals surface area contributed by atoms with Crippen LogP contribution < -0.4 is 4.74 Å². The first-order valence-corrected chi connectivity index (χ1v) is 12.8. The molecule has 0 aromatic heterocycles. The van der Waals surface area contributed by atoms with Gasteiger partial charge in [-0.2, -0.15) is 0 Å². The van der Waals surface area contributed by atoms with Crippen molar-refractivity contribution in [1.82, 2.24) is 0 Å². The van der Waals surface area contributed by atoms with Crippen molar-refractivity contribution in [1.29, 1.82) is 0 Å². The first kappa shape index (κ1) is 20.6. The zero-order chi connectivity index (χ0) is 20.2. The van der Waals surface area contributed by atoms with Gasteiger partial charge in [0.05, 0.1) is 6.61 Å². The van der Waals surface area contributed by atoms with Crippen LogP contribution in [0.15, 0.2) is 59.6 Å². The van der Waals surface area contributed by atoms with Gasteiger partial charge in [-0.3, -0.25) is 0 Å². The number of hydrogen-bond acceptors (Lipinski definition) is 4. The fraction of sp³-hybridized carbons (Fsp3) is 0.435. The quantitative estimate of drug-likeness (QED) is 0.451. The van der Waals surface area contributed by atoms with Crippen LogP contribution in [0.4, 0.5) is 0 Å². The van der Waals surface area contributed by atoms with Crippen LogP contribution >= 0.6 is 0 Å². The predicted molar refractivity (Wildman–Crippen MR) is 117 cm³/mol. The molecular weight excluding hydrogens is 366 g/mol. The van der Waals surface area contributed by atoms with Crippen molar-refractivity contribution in [3.05, 3.63) is 65.7 Å². The molecule has 0 radical (unpaired) electrons. The van der Waals surface area contributed by atoms with Gasteiger partial charge in [0, 0.05) is 5.56 Å². The van der Waals surface area contributed by atoms with E-state index in [0.29, 0.717) is 25.7 Å². The smallest absolute Gasteiger partial charge is 0.217 e. The van der Waals surface area contributed by atoms with Gasteiger partial charge in [0.25, 0.3) is 0 Å². The van der Waals surface area contributed by atoms with E-state index in [1.54, 1.807) is 0 Å². The predicted octanol–water partition coefficient (Wildman–Crippen LogP) is 5.61. The monoisotopic (exact) mass is 397 g/mol. The molecule has 1 aliphatic rings. The number of aliphatic imine (C=N–C) groups is 1. The Hall–Kier alpha value is -2.11. The lowest BCUT2D eigenvalue weighted by Gasteiger charge is -2.36. The Morgan fingerprint density at radius 2 is 1.79 bits per heavy atom. The van der Waals surface area contributed by atoms with Gasteiger partial charge in [0.2, 0.25) is 5.90 Å². The molecule has 0 N–H and O–H groups in total. The molecule has 2 aromatic rings. The van der Waals surface area contributed by atoms with E-state index in [1.165, 1.54) is 5.56 Å². The maximum absolute atomic E-state index is 6.17. The summed E-state index contributed by atoms with van der Waals surface area (Å²) in [6, 6.07) is 18.2. The highest BCUT2D eigenvalue weighted by atomic mass is 28.4. The highest BCUT2D eigenvalue weighted by Crippen LogP contribution is 2.36. The number of nitrogens with zero attached hydrogens (tertiary/aromatic N) is 1. The minimum Gasteiger partial charge on any atom is -0.491 e. The third-order valence-electron chi connectivity index (χ3n) is 5.54. The Balaban J connectivity index is 1.58. The molecule has 0 amide bonds. The Morgan fingerprint density at radius 1 is 1.04 bits per heavy atom. The second kappa shape index (κ2) is 8.49. The molecule has 1 heterocycles. The molecule has 0 aliphatic carbocycles. The van der Waals surface area contributed by atoms with E-state index in [-0.39, 0.29) is 11.1 Å². The highest BCUT2D eigenvalue weighted by Gasteiger charge is 2.36. The van der Waals surface area contributed by atoms with Crippen LogP contribution in [0, 0.1) is 0 Å². The molecule has 0 spiro atoms. The summed E-state index contributed by atoms with van der Waals surface area (Å²) in [5, 5.41) is 0.208. The lowest BCUT2D eigenvalue weighted by Crippen LogP contribution is -2.41. The summed E-state index contributed by atoms with van der Waals surface area (Å²) in [4.78, 5) is 4.75. The normalized spacial score (nSPS) is 17.2. The first-order valence-electron chi connectivity index (χ1n) is 9.89. The summed E-state index contributed by atoms with van der Waals surface area (Å²) >= 11 is 0. The van der Waals surface area contributed by atoms with Crippen LogP contribution in [0.3, 0.4) is 0 Å². The molecule has 1 atom stereocenters. The van der Waals surface area contributed by atoms with E-state index >= 15 is 0 Å². The topological polar surface area (TPSA) is 40.0 Å². The van der Waals surface area contributed by atoms with Crippen molar-refractivity contribution in [3.8, 4) is 5.75 Å². The molecular formula is C23H31NO3Si. The van der Waals surface area contributed by atoms with Crippen LogP contribution in [0.2, 0.25) is 18.1 Å². The van der Waals surface area contributed by atoms with Crippen molar-refractivity contribution in [2.75, 3.05) is 19.8 Å². The average Bonchev–Trinajstić information content (AvgIpc) is 3.16. The van der Waals surface area contributed by atoms with Crippen LogP contribution in [0.1, 0.15) is 37.9 Å². The summed E-state index contributed by atoms with van der Waals surface area (Å²) in [6.45, 7) is 13.0. The van der Waals surface area contributed by atoms with Crippen LogP contribution in [-0.2, 0) is 9.16 Å². The number of hydrogen-bond donors (Lipinski definition) is 0. The summed E-state index contributed by atoms with van der Waals surface area (Å²) in [5.74, 6) is 1.49. The van der Waals surface area contributed by atoms with Gasteiger partial charge in [-0.05, 0) is 41.9 Å². The van der Waals surface area contributed by atoms with Gasteiger partial charge in [0.15, 0.2) is 8.32 Å². The van der Waals surface area contributed by atoms with Gasteiger partial charge >= 0.3 is 0 Å². The molecule has 5 heteroatoms. The maximum Gasteiger partial charge on any atom is 0.217 e. The zero-order valence-corrected chi connectivity index (χ0v) is 18.6. The number of rotatable bonds is 7. The van der Waals surface area contributed by atoms with E-state index in [4.69, 9.17) is 18.9 Å². The van der Waals surface area contributed by atoms with Gasteiger partial charge in [-0.15, -0.1) is 0 Å². The van der Waals surface area contributed by atoms with Gasteiger partial charge < -0.3 is 13.9 Å². The molecule has 0 saturated heterocycles. The van der Waals surface area contributed by atoms with Crippen molar-refractivity contribution < 1.29 is 13.9 Å². The van der Waals surface area contributed by atoms with E-state index < -0.39 is 8.32 Å². The van der Waals surface area contributed by atoms with Gasteiger partial charge in [-0.25, -0.2) is 4.99 Å². The fourth-order valence-electron chi connectivity index (χ4n) is 2.77. The second-order valence-electron chi connectivity index (χ2n) is 8.66. The van der Waals surface area contributed by atoms with Crippen molar-refractivity contribution >= 4 is 14.2 Å². The molecule has 150 valence electrons. The molecule has 0 unspecified atom stereocenters. The van der Waals surface area contributed by atoms with Crippen molar-refractivity contribution in [2.45, 2.75) is 44.9 Å². The Bertz CT molecular complexity index is 812. The lowest BCUT2D eigenvalue weighted by molar-refractivity contribution is 0.203. The number of benzene rings is 2. The molecule has 0 saturated carbocycles. The third-order valence-corrected chi connectivity index (χ3v) is 10.1. The molecule has 28 heavy (non-hydrogen) atoms. The van der Waals surface area contributed by atoms with E-state index in [0.717, 1.165) is 11.3 Å². The van der Waals surface area contributed by atoms with Crippen molar-refractivity contribution in [2.24, 2.45) is 4.99 Å². The third kappa shape index (κ3) is 5.03.